The van der Waals surface area contributed by atoms with Crippen LogP contribution < -0.4 is 5.32 Å². The fraction of sp³-hybridized carbons (Fsp3) is 0.227. The average Bonchev–Trinajstić information content (AvgIpc) is 3.37. The molecule has 1 amide bonds. The van der Waals surface area contributed by atoms with Gasteiger partial charge in [0.15, 0.2) is 5.82 Å². The van der Waals surface area contributed by atoms with Crippen molar-refractivity contribution in [2.45, 2.75) is 32.2 Å². The van der Waals surface area contributed by atoms with Crippen LogP contribution in [-0.2, 0) is 13.0 Å². The zero-order chi connectivity index (χ0) is 20.7. The molecule has 4 aromatic rings. The van der Waals surface area contributed by atoms with Crippen molar-refractivity contribution in [1.82, 2.24) is 19.5 Å². The number of rotatable bonds is 4. The molecule has 1 aliphatic rings. The Morgan fingerprint density at radius 1 is 1.13 bits per heavy atom. The molecule has 0 radical (unpaired) electrons. The number of aryl methyl sites for hydroxylation is 2. The maximum absolute atomic E-state index is 12.8. The molecule has 6 nitrogen and oxygen atoms in total. The first kappa shape index (κ1) is 18.5. The van der Waals surface area contributed by atoms with Crippen molar-refractivity contribution in [3.63, 3.8) is 0 Å². The fourth-order valence-corrected chi connectivity index (χ4v) is 3.79. The van der Waals surface area contributed by atoms with Crippen molar-refractivity contribution < 1.29 is 13.6 Å². The van der Waals surface area contributed by atoms with E-state index in [0.29, 0.717) is 22.3 Å². The van der Waals surface area contributed by atoms with E-state index in [2.05, 4.69) is 26.0 Å². The van der Waals surface area contributed by atoms with E-state index in [1.807, 2.05) is 18.2 Å². The third-order valence-electron chi connectivity index (χ3n) is 5.29. The van der Waals surface area contributed by atoms with Crippen molar-refractivity contribution >= 4 is 22.6 Å². The van der Waals surface area contributed by atoms with Crippen LogP contribution >= 0.6 is 0 Å². The van der Waals surface area contributed by atoms with Gasteiger partial charge >= 0.3 is 0 Å². The molecule has 0 bridgehead atoms. The van der Waals surface area contributed by atoms with Crippen molar-refractivity contribution in [2.24, 2.45) is 0 Å². The van der Waals surface area contributed by atoms with Crippen LogP contribution in [0.15, 0.2) is 48.7 Å². The second kappa shape index (κ2) is 7.37. The minimum atomic E-state index is -2.69. The highest BCUT2D eigenvalue weighted by molar-refractivity contribution is 6.06. The van der Waals surface area contributed by atoms with Crippen molar-refractivity contribution in [2.75, 3.05) is 5.32 Å². The number of alkyl halides is 2. The number of aromatic amines is 1. The van der Waals surface area contributed by atoms with Crippen LogP contribution in [0.3, 0.4) is 0 Å². The van der Waals surface area contributed by atoms with Gasteiger partial charge in [0.05, 0.1) is 16.7 Å². The van der Waals surface area contributed by atoms with Gasteiger partial charge in [-0.05, 0) is 43.2 Å². The number of anilines is 1. The molecule has 0 atom stereocenters. The summed E-state index contributed by atoms with van der Waals surface area (Å²) in [4.78, 5) is 23.8. The lowest BCUT2D eigenvalue weighted by Crippen LogP contribution is -2.11. The van der Waals surface area contributed by atoms with Crippen LogP contribution in [0.4, 0.5) is 14.5 Å². The first-order valence-corrected chi connectivity index (χ1v) is 9.82. The molecule has 2 N–H and O–H groups in total. The quantitative estimate of drug-likeness (QED) is 0.502. The number of halogens is 2. The zero-order valence-electron chi connectivity index (χ0n) is 16.0. The molecule has 1 aliphatic heterocycles. The Morgan fingerprint density at radius 2 is 2.03 bits per heavy atom. The highest BCUT2D eigenvalue weighted by atomic mass is 19.3. The molecule has 3 heterocycles. The predicted molar refractivity (Wildman–Crippen MR) is 110 cm³/mol. The number of nitrogens with zero attached hydrogens (tertiary/aromatic N) is 3. The molecule has 5 rings (SSSR count). The number of amides is 1. The molecular formula is C22H19F2N5O. The van der Waals surface area contributed by atoms with E-state index in [-0.39, 0.29) is 5.91 Å². The number of benzene rings is 2. The Bertz CT molecular complexity index is 1220. The monoisotopic (exact) mass is 407 g/mol. The Morgan fingerprint density at radius 3 is 2.87 bits per heavy atom. The molecule has 30 heavy (non-hydrogen) atoms. The Kier molecular flexibility index (Phi) is 4.54. The lowest BCUT2D eigenvalue weighted by Gasteiger charge is -2.11. The Labute approximate surface area is 171 Å². The highest BCUT2D eigenvalue weighted by Crippen LogP contribution is 2.26. The third kappa shape index (κ3) is 3.45. The molecule has 0 saturated carbocycles. The molecule has 0 saturated heterocycles. The molecule has 2 aromatic carbocycles. The van der Waals surface area contributed by atoms with E-state index in [1.165, 1.54) is 12.5 Å². The Hall–Kier alpha value is -3.55. The first-order chi connectivity index (χ1) is 14.6. The minimum Gasteiger partial charge on any atom is -0.337 e. The first-order valence-electron chi connectivity index (χ1n) is 9.82. The molecule has 0 spiro atoms. The van der Waals surface area contributed by atoms with Crippen LogP contribution in [0.2, 0.25) is 0 Å². The summed E-state index contributed by atoms with van der Waals surface area (Å²) in [5.41, 5.74) is 3.61. The van der Waals surface area contributed by atoms with Gasteiger partial charge in [0.25, 0.3) is 12.3 Å². The van der Waals surface area contributed by atoms with Crippen LogP contribution in [0, 0.1) is 0 Å². The van der Waals surface area contributed by atoms with Gasteiger partial charge in [0, 0.05) is 36.0 Å². The van der Waals surface area contributed by atoms with Gasteiger partial charge in [0.2, 0.25) is 0 Å². The van der Waals surface area contributed by atoms with Crippen LogP contribution in [0.1, 0.15) is 41.3 Å². The van der Waals surface area contributed by atoms with Gasteiger partial charge in [0.1, 0.15) is 5.82 Å². The number of fused-ring (bicyclic) bond motifs is 2. The summed E-state index contributed by atoms with van der Waals surface area (Å²) < 4.78 is 27.8. The predicted octanol–water partition coefficient (Wildman–Crippen LogP) is 4.95. The SMILES string of the molecule is O=C(Nc1cccc(-c2cn3c(n2)CCCC3)c1)c1ccc2nc(C(F)F)[nH]c2c1. The third-order valence-corrected chi connectivity index (χ3v) is 5.29. The summed E-state index contributed by atoms with van der Waals surface area (Å²) in [6.45, 7) is 0.988. The van der Waals surface area contributed by atoms with Gasteiger partial charge in [-0.2, -0.15) is 0 Å². The summed E-state index contributed by atoms with van der Waals surface area (Å²) in [7, 11) is 0. The molecule has 152 valence electrons. The van der Waals surface area contributed by atoms with Crippen molar-refractivity contribution in [3.05, 3.63) is 65.9 Å². The van der Waals surface area contributed by atoms with E-state index < -0.39 is 12.2 Å². The van der Waals surface area contributed by atoms with E-state index in [1.54, 1.807) is 18.2 Å². The highest BCUT2D eigenvalue weighted by Gasteiger charge is 2.16. The van der Waals surface area contributed by atoms with Crippen LogP contribution in [-0.4, -0.2) is 25.4 Å². The molecule has 0 aliphatic carbocycles. The number of aromatic nitrogens is 4. The second-order valence-electron chi connectivity index (χ2n) is 7.38. The maximum Gasteiger partial charge on any atom is 0.295 e. The Balaban J connectivity index is 1.38. The summed E-state index contributed by atoms with van der Waals surface area (Å²) in [5, 5.41) is 2.87. The lowest BCUT2D eigenvalue weighted by atomic mass is 10.1. The van der Waals surface area contributed by atoms with Gasteiger partial charge in [-0.3, -0.25) is 4.79 Å². The number of H-pyrrole nitrogens is 1. The normalized spacial score (nSPS) is 13.6. The zero-order valence-corrected chi connectivity index (χ0v) is 16.0. The smallest absolute Gasteiger partial charge is 0.295 e. The van der Waals surface area contributed by atoms with Crippen molar-refractivity contribution in [3.8, 4) is 11.3 Å². The fourth-order valence-electron chi connectivity index (χ4n) is 3.79. The second-order valence-corrected chi connectivity index (χ2v) is 7.38. The van der Waals surface area contributed by atoms with E-state index in [0.717, 1.165) is 36.5 Å². The minimum absolute atomic E-state index is 0.327. The molecular weight excluding hydrogens is 388 g/mol. The standard InChI is InChI=1S/C22H19F2N5O/c23-20(24)21-27-16-8-7-14(11-17(16)28-21)22(30)25-15-5-3-4-13(10-15)18-12-29-9-2-1-6-19(29)26-18/h3-5,7-8,10-12,20H,1-2,6,9H2,(H,25,30)(H,27,28). The largest absolute Gasteiger partial charge is 0.337 e. The number of hydrogen-bond acceptors (Lipinski definition) is 3. The molecule has 0 fully saturated rings. The van der Waals surface area contributed by atoms with Gasteiger partial charge < -0.3 is 14.9 Å². The summed E-state index contributed by atoms with van der Waals surface area (Å²) in [5.74, 6) is 0.367. The van der Waals surface area contributed by atoms with E-state index in [4.69, 9.17) is 4.98 Å². The van der Waals surface area contributed by atoms with Gasteiger partial charge in [-0.1, -0.05) is 12.1 Å². The van der Waals surface area contributed by atoms with E-state index in [9.17, 15) is 13.6 Å². The summed E-state index contributed by atoms with van der Waals surface area (Å²) in [6.07, 6.45) is 2.68. The van der Waals surface area contributed by atoms with E-state index >= 15 is 0 Å². The molecule has 2 aromatic heterocycles. The van der Waals surface area contributed by atoms with Gasteiger partial charge in [-0.25, -0.2) is 18.7 Å². The molecule has 8 heteroatoms. The summed E-state index contributed by atoms with van der Waals surface area (Å²) in [6, 6.07) is 12.2. The average molecular weight is 407 g/mol. The van der Waals surface area contributed by atoms with Crippen LogP contribution in [0.5, 0.6) is 0 Å². The van der Waals surface area contributed by atoms with Crippen molar-refractivity contribution in [1.29, 1.82) is 0 Å². The number of imidazole rings is 2. The summed E-state index contributed by atoms with van der Waals surface area (Å²) >= 11 is 0. The number of carbonyl (C=O) groups excluding carboxylic acids is 1. The lowest BCUT2D eigenvalue weighted by molar-refractivity contribution is 0.102. The number of hydrogen-bond donors (Lipinski definition) is 2. The molecule has 0 unspecified atom stereocenters. The topological polar surface area (TPSA) is 75.6 Å². The van der Waals surface area contributed by atoms with Gasteiger partial charge in [-0.15, -0.1) is 0 Å². The van der Waals surface area contributed by atoms with Crippen LogP contribution in [0.25, 0.3) is 22.3 Å². The number of carbonyl (C=O) groups is 1. The maximum atomic E-state index is 12.8. The number of nitrogens with one attached hydrogen (secondary N) is 2.